The third-order valence-corrected chi connectivity index (χ3v) is 8.89. The lowest BCUT2D eigenvalue weighted by Gasteiger charge is -2.24. The Morgan fingerprint density at radius 3 is 1.78 bits per heavy atom. The molecule has 7 nitrogen and oxygen atoms in total. The molecule has 0 amide bonds. The van der Waals surface area contributed by atoms with Crippen LogP contribution < -0.4 is 4.72 Å². The average Bonchev–Trinajstić information content (AvgIpc) is 2.87. The topological polar surface area (TPSA) is 102 Å². The number of rotatable bonds is 13. The lowest BCUT2D eigenvalue weighted by molar-refractivity contribution is -0.137. The summed E-state index contributed by atoms with van der Waals surface area (Å²) in [5.74, 6) is -0.999. The highest BCUT2D eigenvalue weighted by molar-refractivity contribution is 7.84. The van der Waals surface area contributed by atoms with Crippen molar-refractivity contribution in [3.63, 3.8) is 0 Å². The number of nitrogens with one attached hydrogen (secondary N) is 1. The summed E-state index contributed by atoms with van der Waals surface area (Å²) in [5, 5.41) is 9.37. The second-order valence-corrected chi connectivity index (χ2v) is 13.7. The van der Waals surface area contributed by atoms with Crippen molar-refractivity contribution in [1.29, 1.82) is 0 Å². The number of carboxylic acids is 1. The van der Waals surface area contributed by atoms with Crippen LogP contribution >= 0.6 is 7.60 Å². The fourth-order valence-electron chi connectivity index (χ4n) is 3.41. The lowest BCUT2D eigenvalue weighted by Crippen LogP contribution is -2.36. The Hall–Kier alpha value is -2.61. The number of carboxylic acid groups (broad SMARTS) is 1. The summed E-state index contributed by atoms with van der Waals surface area (Å²) in [4.78, 5) is 11.4. The monoisotopic (exact) mass is 543 g/mol. The van der Waals surface area contributed by atoms with E-state index in [-0.39, 0.29) is 25.8 Å². The zero-order valence-corrected chi connectivity index (χ0v) is 23.0. The van der Waals surface area contributed by atoms with Crippen LogP contribution in [0.1, 0.15) is 55.5 Å². The largest absolute Gasteiger partial charge is 0.481 e. The van der Waals surface area contributed by atoms with Gasteiger partial charge in [0.2, 0.25) is 0 Å². The number of hydrogen-bond acceptors (Lipinski definition) is 5. The predicted octanol–water partition coefficient (Wildman–Crippen LogP) is 6.38. The molecule has 9 heteroatoms. The van der Waals surface area contributed by atoms with Crippen LogP contribution in [0.3, 0.4) is 0 Å². The number of hydrogen-bond donors (Lipinski definition) is 2. The van der Waals surface area contributed by atoms with Gasteiger partial charge >= 0.3 is 13.6 Å². The molecule has 0 aliphatic rings. The van der Waals surface area contributed by atoms with E-state index in [0.717, 1.165) is 16.7 Å². The van der Waals surface area contributed by atoms with Crippen LogP contribution in [-0.2, 0) is 48.8 Å². The Morgan fingerprint density at radius 1 is 0.865 bits per heavy atom. The molecule has 0 heterocycles. The minimum absolute atomic E-state index is 0.0535. The molecule has 0 saturated carbocycles. The van der Waals surface area contributed by atoms with Gasteiger partial charge in [-0.25, -0.2) is 8.93 Å². The molecule has 0 aliphatic heterocycles. The normalized spacial score (nSPS) is 13.7. The summed E-state index contributed by atoms with van der Waals surface area (Å²) in [6, 6.07) is 25.4. The molecular formula is C28H34NO6PS. The molecule has 37 heavy (non-hydrogen) atoms. The molecular weight excluding hydrogens is 509 g/mol. The third kappa shape index (κ3) is 9.65. The van der Waals surface area contributed by atoms with Gasteiger partial charge in [-0.2, -0.15) is 0 Å². The van der Waals surface area contributed by atoms with Crippen LogP contribution in [-0.4, -0.2) is 20.0 Å². The van der Waals surface area contributed by atoms with Crippen LogP contribution in [0, 0.1) is 0 Å². The van der Waals surface area contributed by atoms with Crippen molar-refractivity contribution in [2.45, 2.75) is 57.4 Å². The van der Waals surface area contributed by atoms with Gasteiger partial charge in [0.25, 0.3) is 0 Å². The highest BCUT2D eigenvalue weighted by Crippen LogP contribution is 2.53. The van der Waals surface area contributed by atoms with Gasteiger partial charge in [0.15, 0.2) is 0 Å². The molecule has 3 aromatic rings. The highest BCUT2D eigenvalue weighted by atomic mass is 32.2. The van der Waals surface area contributed by atoms with E-state index >= 15 is 0 Å². The Morgan fingerprint density at radius 2 is 1.35 bits per heavy atom. The molecule has 0 radical (unpaired) electrons. The van der Waals surface area contributed by atoms with Gasteiger partial charge in [-0.3, -0.25) is 9.36 Å². The SMILES string of the molecule is CC(C)(C)S(=O)N[C@@H](CC(=O)O)c1ccc(CP(=O)(OCc2ccccc2)OCc2ccccc2)cc1. The summed E-state index contributed by atoms with van der Waals surface area (Å²) in [5.41, 5.74) is 3.17. The van der Waals surface area contributed by atoms with Gasteiger partial charge in [-0.15, -0.1) is 0 Å². The van der Waals surface area contributed by atoms with Crippen LogP contribution in [0.4, 0.5) is 0 Å². The minimum atomic E-state index is -3.54. The first-order chi connectivity index (χ1) is 17.5. The van der Waals surface area contributed by atoms with Crippen molar-refractivity contribution in [2.24, 2.45) is 0 Å². The van der Waals surface area contributed by atoms with Crippen LogP contribution in [0.15, 0.2) is 84.9 Å². The van der Waals surface area contributed by atoms with Gasteiger partial charge in [-0.1, -0.05) is 84.9 Å². The number of carbonyl (C=O) groups is 1. The molecule has 2 N–H and O–H groups in total. The van der Waals surface area contributed by atoms with Gasteiger partial charge < -0.3 is 14.2 Å². The maximum atomic E-state index is 13.8. The van der Waals surface area contributed by atoms with Crippen LogP contribution in [0.2, 0.25) is 0 Å². The highest BCUT2D eigenvalue weighted by Gasteiger charge is 2.27. The smallest absolute Gasteiger partial charge is 0.335 e. The van der Waals surface area contributed by atoms with Crippen molar-refractivity contribution in [3.8, 4) is 0 Å². The average molecular weight is 544 g/mol. The van der Waals surface area contributed by atoms with Gasteiger partial charge in [0, 0.05) is 0 Å². The van der Waals surface area contributed by atoms with Gasteiger partial charge in [0.1, 0.15) is 0 Å². The summed E-state index contributed by atoms with van der Waals surface area (Å²) >= 11 is 0. The summed E-state index contributed by atoms with van der Waals surface area (Å²) in [7, 11) is -4.98. The summed E-state index contributed by atoms with van der Waals surface area (Å²) in [6.45, 7) is 5.75. The Balaban J connectivity index is 1.76. The number of benzene rings is 3. The van der Waals surface area contributed by atoms with E-state index in [9.17, 15) is 18.7 Å². The summed E-state index contributed by atoms with van der Waals surface area (Å²) in [6.07, 6.45) is -0.169. The van der Waals surface area contributed by atoms with E-state index < -0.39 is 35.3 Å². The molecule has 0 spiro atoms. The zero-order chi connectivity index (χ0) is 26.9. The van der Waals surface area contributed by atoms with Crippen molar-refractivity contribution in [2.75, 3.05) is 0 Å². The van der Waals surface area contributed by atoms with Gasteiger partial charge in [-0.05, 0) is 43.0 Å². The van der Waals surface area contributed by atoms with Crippen LogP contribution in [0.25, 0.3) is 0 Å². The maximum Gasteiger partial charge on any atom is 0.335 e. The molecule has 0 aliphatic carbocycles. The Bertz CT molecular complexity index is 1170. The molecule has 0 saturated heterocycles. The second kappa shape index (κ2) is 13.3. The van der Waals surface area contributed by atoms with Gasteiger partial charge in [0.05, 0.1) is 47.6 Å². The van der Waals surface area contributed by atoms with E-state index in [4.69, 9.17) is 9.05 Å². The Kier molecular flexibility index (Phi) is 10.4. The molecule has 3 rings (SSSR count). The fraction of sp³-hybridized carbons (Fsp3) is 0.321. The molecule has 2 atom stereocenters. The molecule has 198 valence electrons. The van der Waals surface area contributed by atoms with Crippen molar-refractivity contribution in [1.82, 2.24) is 4.72 Å². The molecule has 1 unspecified atom stereocenters. The third-order valence-electron chi connectivity index (χ3n) is 5.48. The van der Waals surface area contributed by atoms with Crippen LogP contribution in [0.5, 0.6) is 0 Å². The second-order valence-electron chi connectivity index (χ2n) is 9.68. The first-order valence-electron chi connectivity index (χ1n) is 12.0. The summed E-state index contributed by atoms with van der Waals surface area (Å²) < 4.78 is 40.5. The van der Waals surface area contributed by atoms with Crippen molar-refractivity contribution < 1.29 is 27.7 Å². The quantitative estimate of drug-likeness (QED) is 0.243. The predicted molar refractivity (Wildman–Crippen MR) is 146 cm³/mol. The van der Waals surface area contributed by atoms with E-state index in [1.165, 1.54) is 0 Å². The molecule has 0 fully saturated rings. The standard InChI is InChI=1S/C28H34NO6PS/c1-28(2,3)37(33)29-26(18-27(30)31)25-16-14-24(15-17-25)21-36(32,34-19-22-10-6-4-7-11-22)35-20-23-12-8-5-9-13-23/h4-17,26,29H,18-21H2,1-3H3,(H,30,31)/t26-,37?/m0/s1. The molecule has 3 aromatic carbocycles. The maximum absolute atomic E-state index is 13.8. The molecule has 0 bridgehead atoms. The fourth-order valence-corrected chi connectivity index (χ4v) is 5.85. The van der Waals surface area contributed by atoms with E-state index in [1.54, 1.807) is 24.3 Å². The van der Waals surface area contributed by atoms with Crippen molar-refractivity contribution in [3.05, 3.63) is 107 Å². The number of aliphatic carboxylic acids is 1. The minimum Gasteiger partial charge on any atom is -0.481 e. The molecule has 0 aromatic heterocycles. The lowest BCUT2D eigenvalue weighted by atomic mass is 10.0. The Labute approximate surface area is 221 Å². The van der Waals surface area contributed by atoms with Crippen molar-refractivity contribution >= 4 is 24.6 Å². The van der Waals surface area contributed by atoms with E-state index in [1.807, 2.05) is 81.4 Å². The zero-order valence-electron chi connectivity index (χ0n) is 21.3. The van der Waals surface area contributed by atoms with E-state index in [0.29, 0.717) is 5.56 Å². The first-order valence-corrected chi connectivity index (χ1v) is 14.9. The van der Waals surface area contributed by atoms with E-state index in [2.05, 4.69) is 4.72 Å². The first kappa shape index (κ1) is 29.0.